The predicted molar refractivity (Wildman–Crippen MR) is 115 cm³/mol. The highest BCUT2D eigenvalue weighted by Gasteiger charge is 2.57. The minimum atomic E-state index is -1.32. The number of halogens is 2. The summed E-state index contributed by atoms with van der Waals surface area (Å²) in [5, 5.41) is 13.9. The van der Waals surface area contributed by atoms with Crippen molar-refractivity contribution in [2.24, 2.45) is 5.41 Å². The molecule has 9 heteroatoms. The highest BCUT2D eigenvalue weighted by Crippen LogP contribution is 2.49. The maximum Gasteiger partial charge on any atom is 0.257 e. The summed E-state index contributed by atoms with van der Waals surface area (Å²) in [7, 11) is 1.25. The third-order valence-electron chi connectivity index (χ3n) is 7.08. The average molecular weight is 460 g/mol. The van der Waals surface area contributed by atoms with E-state index in [1.165, 1.54) is 23.9 Å². The van der Waals surface area contributed by atoms with Crippen LogP contribution in [0.2, 0.25) is 0 Å². The molecule has 2 aliphatic rings. The molecule has 2 aromatic rings. The summed E-state index contributed by atoms with van der Waals surface area (Å²) in [5.41, 5.74) is -3.36. The van der Waals surface area contributed by atoms with Gasteiger partial charge in [-0.3, -0.25) is 14.4 Å². The fourth-order valence-electron chi connectivity index (χ4n) is 4.99. The lowest BCUT2D eigenvalue weighted by Crippen LogP contribution is -2.58. The first-order chi connectivity index (χ1) is 15.6. The lowest BCUT2D eigenvalue weighted by atomic mass is 9.64. The summed E-state index contributed by atoms with van der Waals surface area (Å²) in [5.74, 6) is -3.00. The quantitative estimate of drug-likeness (QED) is 0.731. The Morgan fingerprint density at radius 2 is 1.94 bits per heavy atom. The average Bonchev–Trinajstić information content (AvgIpc) is 2.92. The highest BCUT2D eigenvalue weighted by molar-refractivity contribution is 6.04. The standard InChI is InChI=1S/C24H26F2N2O5/c1-23-8-4-3-5-9-24(23,32)13-28-12-16(19(29)20(33-2)18(28)21(23)30)22(31)27-11-14-6-7-15(25)10-17(14)26/h6-7,10,12,32H,3-5,8-9,11,13H2,1-2H3,(H,27,31). The van der Waals surface area contributed by atoms with Crippen LogP contribution < -0.4 is 15.5 Å². The summed E-state index contributed by atoms with van der Waals surface area (Å²) >= 11 is 0. The van der Waals surface area contributed by atoms with Gasteiger partial charge in [0.15, 0.2) is 11.5 Å². The van der Waals surface area contributed by atoms with E-state index in [9.17, 15) is 28.3 Å². The lowest BCUT2D eigenvalue weighted by molar-refractivity contribution is -0.0832. The molecule has 2 N–H and O–H groups in total. The van der Waals surface area contributed by atoms with Crippen molar-refractivity contribution in [3.63, 3.8) is 0 Å². The minimum Gasteiger partial charge on any atom is -0.491 e. The number of rotatable bonds is 4. The zero-order chi connectivity index (χ0) is 24.0. The maximum absolute atomic E-state index is 13.9. The molecule has 1 aromatic carbocycles. The van der Waals surface area contributed by atoms with E-state index in [0.29, 0.717) is 18.9 Å². The molecule has 2 atom stereocenters. The number of benzene rings is 1. The van der Waals surface area contributed by atoms with Crippen LogP contribution in [0.4, 0.5) is 8.78 Å². The van der Waals surface area contributed by atoms with Crippen LogP contribution >= 0.6 is 0 Å². The number of aliphatic hydroxyl groups is 1. The Hall–Kier alpha value is -3.07. The van der Waals surface area contributed by atoms with E-state index in [0.717, 1.165) is 25.3 Å². The number of hydrogen-bond acceptors (Lipinski definition) is 5. The number of methoxy groups -OCH3 is 1. The van der Waals surface area contributed by atoms with Gasteiger partial charge in [0.1, 0.15) is 22.9 Å². The number of fused-ring (bicyclic) bond motifs is 2. The molecule has 1 aliphatic heterocycles. The Balaban J connectivity index is 1.72. The molecular formula is C24H26F2N2O5. The number of amides is 1. The first-order valence-corrected chi connectivity index (χ1v) is 10.9. The van der Waals surface area contributed by atoms with Crippen molar-refractivity contribution in [2.75, 3.05) is 7.11 Å². The van der Waals surface area contributed by atoms with Crippen molar-refractivity contribution in [3.8, 4) is 5.75 Å². The second kappa shape index (κ2) is 8.37. The van der Waals surface area contributed by atoms with E-state index in [-0.39, 0.29) is 41.4 Å². The van der Waals surface area contributed by atoms with Gasteiger partial charge in [0, 0.05) is 24.4 Å². The van der Waals surface area contributed by atoms with Crippen molar-refractivity contribution < 1.29 is 28.2 Å². The van der Waals surface area contributed by atoms with Crippen molar-refractivity contribution in [1.29, 1.82) is 0 Å². The van der Waals surface area contributed by atoms with Crippen LogP contribution in [-0.4, -0.2) is 34.1 Å². The van der Waals surface area contributed by atoms with Gasteiger partial charge in [-0.15, -0.1) is 0 Å². The molecule has 1 saturated carbocycles. The predicted octanol–water partition coefficient (Wildman–Crippen LogP) is 2.96. The van der Waals surface area contributed by atoms with Crippen molar-refractivity contribution in [1.82, 2.24) is 9.88 Å². The fraction of sp³-hybridized carbons (Fsp3) is 0.458. The molecule has 1 amide bonds. The normalized spacial score (nSPS) is 24.5. The summed E-state index contributed by atoms with van der Waals surface area (Å²) in [4.78, 5) is 39.4. The topological polar surface area (TPSA) is 97.6 Å². The molecule has 2 heterocycles. The zero-order valence-electron chi connectivity index (χ0n) is 18.5. The molecule has 176 valence electrons. The summed E-state index contributed by atoms with van der Waals surface area (Å²) in [6.45, 7) is 1.50. The smallest absolute Gasteiger partial charge is 0.257 e. The lowest BCUT2D eigenvalue weighted by Gasteiger charge is -2.47. The SMILES string of the molecule is COc1c2n(cc(C(=O)NCc3ccc(F)cc3F)c1=O)CC1(O)CCCCCC1(C)C2=O. The first kappa shape index (κ1) is 23.1. The van der Waals surface area contributed by atoms with Gasteiger partial charge in [0.25, 0.3) is 5.91 Å². The van der Waals surface area contributed by atoms with Crippen molar-refractivity contribution in [2.45, 2.75) is 57.7 Å². The van der Waals surface area contributed by atoms with Crippen LogP contribution in [0.1, 0.15) is 65.4 Å². The molecule has 0 spiro atoms. The molecule has 0 radical (unpaired) electrons. The van der Waals surface area contributed by atoms with Crippen LogP contribution in [0.5, 0.6) is 5.75 Å². The third-order valence-corrected chi connectivity index (χ3v) is 7.08. The van der Waals surface area contributed by atoms with Gasteiger partial charge in [-0.1, -0.05) is 25.3 Å². The summed E-state index contributed by atoms with van der Waals surface area (Å²) in [6.07, 6.45) is 4.61. The van der Waals surface area contributed by atoms with Crippen LogP contribution in [0.3, 0.4) is 0 Å². The molecular weight excluding hydrogens is 434 g/mol. The highest BCUT2D eigenvalue weighted by atomic mass is 19.1. The maximum atomic E-state index is 13.9. The largest absolute Gasteiger partial charge is 0.491 e. The van der Waals surface area contributed by atoms with E-state index in [2.05, 4.69) is 5.32 Å². The molecule has 4 rings (SSSR count). The van der Waals surface area contributed by atoms with Crippen molar-refractivity contribution in [3.05, 3.63) is 63.1 Å². The van der Waals surface area contributed by atoms with Crippen LogP contribution in [0, 0.1) is 17.0 Å². The molecule has 1 fully saturated rings. The molecule has 1 aliphatic carbocycles. The minimum absolute atomic E-state index is 0.0358. The number of aromatic nitrogens is 1. The van der Waals surface area contributed by atoms with Crippen LogP contribution in [0.15, 0.2) is 29.2 Å². The number of nitrogens with one attached hydrogen (secondary N) is 1. The Bertz CT molecular complexity index is 1190. The van der Waals surface area contributed by atoms with Gasteiger partial charge in [0.2, 0.25) is 5.43 Å². The molecule has 2 unspecified atom stereocenters. The second-order valence-electron chi connectivity index (χ2n) is 9.05. The van der Waals surface area contributed by atoms with Crippen LogP contribution in [-0.2, 0) is 13.1 Å². The Kier molecular flexibility index (Phi) is 5.86. The fourth-order valence-corrected chi connectivity index (χ4v) is 4.99. The Morgan fingerprint density at radius 1 is 1.21 bits per heavy atom. The van der Waals surface area contributed by atoms with Gasteiger partial charge in [-0.05, 0) is 25.8 Å². The summed E-state index contributed by atoms with van der Waals surface area (Å²) in [6, 6.07) is 2.97. The number of carbonyl (C=O) groups excluding carboxylic acids is 2. The van der Waals surface area contributed by atoms with E-state index in [1.807, 2.05) is 0 Å². The van der Waals surface area contributed by atoms with Gasteiger partial charge in [-0.25, -0.2) is 8.78 Å². The molecule has 0 bridgehead atoms. The third kappa shape index (κ3) is 3.74. The number of carbonyl (C=O) groups is 2. The number of ether oxygens (including phenoxy) is 1. The second-order valence-corrected chi connectivity index (χ2v) is 9.05. The number of pyridine rings is 1. The van der Waals surface area contributed by atoms with E-state index in [4.69, 9.17) is 4.74 Å². The Morgan fingerprint density at radius 3 is 2.64 bits per heavy atom. The number of nitrogens with zero attached hydrogens (tertiary/aromatic N) is 1. The van der Waals surface area contributed by atoms with E-state index < -0.39 is 34.0 Å². The molecule has 1 aromatic heterocycles. The molecule has 7 nitrogen and oxygen atoms in total. The monoisotopic (exact) mass is 460 g/mol. The number of ketones is 1. The van der Waals surface area contributed by atoms with Gasteiger partial charge < -0.3 is 19.7 Å². The van der Waals surface area contributed by atoms with Gasteiger partial charge >= 0.3 is 0 Å². The van der Waals surface area contributed by atoms with Crippen LogP contribution in [0.25, 0.3) is 0 Å². The Labute approximate surface area is 189 Å². The van der Waals surface area contributed by atoms with Crippen molar-refractivity contribution >= 4 is 11.7 Å². The van der Waals surface area contributed by atoms with E-state index in [1.54, 1.807) is 6.92 Å². The summed E-state index contributed by atoms with van der Waals surface area (Å²) < 4.78 is 33.7. The number of hydrogen-bond donors (Lipinski definition) is 2. The molecule has 0 saturated heterocycles. The molecule has 33 heavy (non-hydrogen) atoms. The van der Waals surface area contributed by atoms with Gasteiger partial charge in [-0.2, -0.15) is 0 Å². The zero-order valence-corrected chi connectivity index (χ0v) is 18.5. The van der Waals surface area contributed by atoms with Gasteiger partial charge in [0.05, 0.1) is 24.7 Å². The number of Topliss-reactive ketones (excluding diaryl/α,β-unsaturated/α-hetero) is 1. The van der Waals surface area contributed by atoms with E-state index >= 15 is 0 Å². The first-order valence-electron chi connectivity index (χ1n) is 10.9.